The van der Waals surface area contributed by atoms with Crippen LogP contribution in [0.3, 0.4) is 0 Å². The Kier molecular flexibility index (Phi) is 5.03. The van der Waals surface area contributed by atoms with Crippen molar-refractivity contribution in [1.29, 1.82) is 0 Å². The van der Waals surface area contributed by atoms with Gasteiger partial charge in [-0.15, -0.1) is 5.10 Å². The zero-order valence-corrected chi connectivity index (χ0v) is 17.3. The van der Waals surface area contributed by atoms with Gasteiger partial charge in [0.1, 0.15) is 4.88 Å². The van der Waals surface area contributed by atoms with Gasteiger partial charge in [-0.25, -0.2) is 0 Å². The average Bonchev–Trinajstić information content (AvgIpc) is 3.27. The number of aromatic nitrogens is 4. The first-order valence-corrected chi connectivity index (χ1v) is 10.6. The van der Waals surface area contributed by atoms with E-state index in [1.165, 1.54) is 17.2 Å². The lowest BCUT2D eigenvalue weighted by Crippen LogP contribution is -2.47. The van der Waals surface area contributed by atoms with Crippen molar-refractivity contribution >= 4 is 17.4 Å². The summed E-state index contributed by atoms with van der Waals surface area (Å²) >= 11 is 1.23. The maximum absolute atomic E-state index is 13.2. The molecule has 2 aliphatic rings. The highest BCUT2D eigenvalue weighted by Gasteiger charge is 2.45. The molecule has 0 bridgehead atoms. The molecule has 2 aromatic rings. The Bertz CT molecular complexity index is 830. The smallest absolute Gasteiger partial charge is 0.267 e. The standard InChI is InChI=1S/C19H28N6OS/c1-14-12-16(23(3)21-14)13-24-9-4-6-19(8-11-24)7-5-10-25(19)18(26)17-15(2)20-22-27-17/h12H,4-11,13H2,1-3H3. The quantitative estimate of drug-likeness (QED) is 0.808. The summed E-state index contributed by atoms with van der Waals surface area (Å²) < 4.78 is 5.95. The molecule has 27 heavy (non-hydrogen) atoms. The highest BCUT2D eigenvalue weighted by molar-refractivity contribution is 7.07. The molecule has 1 spiro atoms. The fourth-order valence-electron chi connectivity index (χ4n) is 4.76. The van der Waals surface area contributed by atoms with Gasteiger partial charge in [0.2, 0.25) is 0 Å². The number of hydrogen-bond acceptors (Lipinski definition) is 6. The first-order chi connectivity index (χ1) is 13.0. The van der Waals surface area contributed by atoms with Gasteiger partial charge in [0.25, 0.3) is 5.91 Å². The van der Waals surface area contributed by atoms with E-state index in [9.17, 15) is 4.79 Å². The second-order valence-electron chi connectivity index (χ2n) is 8.00. The number of nitrogens with zero attached hydrogens (tertiary/aromatic N) is 6. The molecule has 2 aromatic heterocycles. The molecule has 1 atom stereocenters. The van der Waals surface area contributed by atoms with Crippen molar-refractivity contribution in [2.24, 2.45) is 7.05 Å². The van der Waals surface area contributed by atoms with Gasteiger partial charge in [0.15, 0.2) is 0 Å². The van der Waals surface area contributed by atoms with Gasteiger partial charge in [0.05, 0.1) is 17.1 Å². The monoisotopic (exact) mass is 388 g/mol. The molecule has 146 valence electrons. The van der Waals surface area contributed by atoms with Gasteiger partial charge in [-0.2, -0.15) is 5.10 Å². The molecule has 4 rings (SSSR count). The molecule has 0 radical (unpaired) electrons. The number of likely N-dealkylation sites (tertiary alicyclic amines) is 2. The first kappa shape index (κ1) is 18.6. The zero-order chi connectivity index (χ0) is 19.0. The van der Waals surface area contributed by atoms with Crippen LogP contribution in [0.25, 0.3) is 0 Å². The summed E-state index contributed by atoms with van der Waals surface area (Å²) in [5.41, 5.74) is 3.09. The first-order valence-electron chi connectivity index (χ1n) is 9.81. The molecule has 0 N–H and O–H groups in total. The van der Waals surface area contributed by atoms with Crippen LogP contribution in [-0.4, -0.2) is 60.2 Å². The van der Waals surface area contributed by atoms with E-state index in [1.54, 1.807) is 0 Å². The van der Waals surface area contributed by atoms with E-state index in [4.69, 9.17) is 0 Å². The van der Waals surface area contributed by atoms with Crippen LogP contribution in [0.1, 0.15) is 58.9 Å². The van der Waals surface area contributed by atoms with E-state index in [1.807, 2.05) is 25.6 Å². The van der Waals surface area contributed by atoms with E-state index in [0.717, 1.165) is 69.7 Å². The van der Waals surface area contributed by atoms with Crippen molar-refractivity contribution in [3.05, 3.63) is 28.0 Å². The number of rotatable bonds is 3. The molecular weight excluding hydrogens is 360 g/mol. The molecule has 0 aliphatic carbocycles. The van der Waals surface area contributed by atoms with Crippen LogP contribution in [0.15, 0.2) is 6.07 Å². The van der Waals surface area contributed by atoms with Crippen LogP contribution < -0.4 is 0 Å². The third-order valence-corrected chi connectivity index (χ3v) is 7.00. The summed E-state index contributed by atoms with van der Waals surface area (Å²) in [6.07, 6.45) is 5.47. The SMILES string of the molecule is Cc1cc(CN2CCCC3(CCCN3C(=O)c3snnc3C)CC2)n(C)n1. The molecule has 2 fully saturated rings. The van der Waals surface area contributed by atoms with Crippen LogP contribution in [0, 0.1) is 13.8 Å². The minimum absolute atomic E-state index is 0.00460. The van der Waals surface area contributed by atoms with Crippen LogP contribution >= 0.6 is 11.5 Å². The van der Waals surface area contributed by atoms with Gasteiger partial charge in [-0.05, 0) is 70.1 Å². The molecule has 0 saturated carbocycles. The lowest BCUT2D eigenvalue weighted by atomic mass is 9.87. The van der Waals surface area contributed by atoms with Gasteiger partial charge in [-0.1, -0.05) is 4.49 Å². The van der Waals surface area contributed by atoms with Crippen molar-refractivity contribution in [3.63, 3.8) is 0 Å². The van der Waals surface area contributed by atoms with E-state index in [2.05, 4.69) is 30.6 Å². The predicted molar refractivity (Wildman–Crippen MR) is 105 cm³/mol. The van der Waals surface area contributed by atoms with E-state index >= 15 is 0 Å². The van der Waals surface area contributed by atoms with Crippen LogP contribution in [0.5, 0.6) is 0 Å². The Morgan fingerprint density at radius 3 is 2.63 bits per heavy atom. The number of hydrogen-bond donors (Lipinski definition) is 0. The number of amides is 1. The molecule has 1 unspecified atom stereocenters. The fraction of sp³-hybridized carbons (Fsp3) is 0.684. The Morgan fingerprint density at radius 1 is 1.19 bits per heavy atom. The molecule has 7 nitrogen and oxygen atoms in total. The fourth-order valence-corrected chi connectivity index (χ4v) is 5.37. The van der Waals surface area contributed by atoms with Gasteiger partial charge >= 0.3 is 0 Å². The van der Waals surface area contributed by atoms with Crippen molar-refractivity contribution in [1.82, 2.24) is 29.2 Å². The highest BCUT2D eigenvalue weighted by atomic mass is 32.1. The lowest BCUT2D eigenvalue weighted by Gasteiger charge is -2.38. The van der Waals surface area contributed by atoms with Crippen LogP contribution in [0.2, 0.25) is 0 Å². The molecule has 4 heterocycles. The summed E-state index contributed by atoms with van der Waals surface area (Å²) in [5.74, 6) is 0.135. The predicted octanol–water partition coefficient (Wildman–Crippen LogP) is 2.55. The second-order valence-corrected chi connectivity index (χ2v) is 8.76. The van der Waals surface area contributed by atoms with Gasteiger partial charge in [0, 0.05) is 32.2 Å². The average molecular weight is 389 g/mol. The van der Waals surface area contributed by atoms with E-state index < -0.39 is 0 Å². The molecular formula is C19H28N6OS. The summed E-state index contributed by atoms with van der Waals surface area (Å²) in [6.45, 7) is 7.81. The number of carbonyl (C=O) groups excluding carboxylic acids is 1. The highest BCUT2D eigenvalue weighted by Crippen LogP contribution is 2.40. The molecule has 0 aromatic carbocycles. The maximum Gasteiger partial charge on any atom is 0.267 e. The summed E-state index contributed by atoms with van der Waals surface area (Å²) in [4.78, 5) is 18.5. The van der Waals surface area contributed by atoms with Crippen LogP contribution in [0.4, 0.5) is 0 Å². The minimum atomic E-state index is 0.00460. The van der Waals surface area contributed by atoms with Crippen molar-refractivity contribution in [2.75, 3.05) is 19.6 Å². The van der Waals surface area contributed by atoms with Crippen LogP contribution in [-0.2, 0) is 13.6 Å². The molecule has 8 heteroatoms. The third-order valence-electron chi connectivity index (χ3n) is 6.18. The molecule has 1 amide bonds. The largest absolute Gasteiger partial charge is 0.332 e. The van der Waals surface area contributed by atoms with Gasteiger partial charge in [-0.3, -0.25) is 14.4 Å². The van der Waals surface area contributed by atoms with E-state index in [0.29, 0.717) is 4.88 Å². The molecule has 2 aliphatic heterocycles. The Morgan fingerprint density at radius 2 is 1.96 bits per heavy atom. The minimum Gasteiger partial charge on any atom is -0.332 e. The summed E-state index contributed by atoms with van der Waals surface area (Å²) in [6, 6.07) is 2.17. The van der Waals surface area contributed by atoms with E-state index in [-0.39, 0.29) is 11.4 Å². The Balaban J connectivity index is 1.48. The second kappa shape index (κ2) is 7.31. The summed E-state index contributed by atoms with van der Waals surface area (Å²) in [5, 5.41) is 8.50. The molecule has 2 saturated heterocycles. The Labute approximate surface area is 164 Å². The number of aryl methyl sites for hydroxylation is 3. The topological polar surface area (TPSA) is 67.2 Å². The van der Waals surface area contributed by atoms with Crippen molar-refractivity contribution in [3.8, 4) is 0 Å². The third kappa shape index (κ3) is 3.52. The number of carbonyl (C=O) groups is 1. The lowest BCUT2D eigenvalue weighted by molar-refractivity contribution is 0.0561. The van der Waals surface area contributed by atoms with Gasteiger partial charge < -0.3 is 4.90 Å². The van der Waals surface area contributed by atoms with Crippen molar-refractivity contribution < 1.29 is 4.79 Å². The normalized spacial score (nSPS) is 23.9. The summed E-state index contributed by atoms with van der Waals surface area (Å²) in [7, 11) is 2.02. The Hall–Kier alpha value is -1.80. The maximum atomic E-state index is 13.2. The van der Waals surface area contributed by atoms with Crippen molar-refractivity contribution in [2.45, 2.75) is 58.0 Å². The zero-order valence-electron chi connectivity index (χ0n) is 16.4.